The van der Waals surface area contributed by atoms with Gasteiger partial charge in [-0.1, -0.05) is 112 Å². The number of aliphatic hydroxyl groups excluding tert-OH is 2. The van der Waals surface area contributed by atoms with Gasteiger partial charge in [-0.15, -0.1) is 0 Å². The van der Waals surface area contributed by atoms with Crippen molar-refractivity contribution in [3.63, 3.8) is 0 Å². The quantitative estimate of drug-likeness (QED) is 0.0370. The molecule has 4 aromatic carbocycles. The number of carboxylic acids is 4. The van der Waals surface area contributed by atoms with Crippen molar-refractivity contribution in [3.8, 4) is 0 Å². The minimum atomic E-state index is -2.21. The predicted octanol–water partition coefficient (Wildman–Crippen LogP) is -5.34. The lowest BCUT2D eigenvalue weighted by Crippen LogP contribution is -2.64. The lowest BCUT2D eigenvalue weighted by Gasteiger charge is -2.38. The number of carbonyl (C=O) groups is 19. The van der Waals surface area contributed by atoms with Gasteiger partial charge in [0.05, 0.1) is 37.5 Å². The van der Waals surface area contributed by atoms with E-state index in [1.165, 1.54) is 40.0 Å². The number of benzene rings is 4. The third kappa shape index (κ3) is 33.6. The predicted molar refractivity (Wildman–Crippen MR) is 470 cm³/mol. The molecule has 18 atom stereocenters. The van der Waals surface area contributed by atoms with E-state index in [0.29, 0.717) is 45.0 Å². The van der Waals surface area contributed by atoms with E-state index in [9.17, 15) is 107 Å². The highest BCUT2D eigenvalue weighted by molar-refractivity contribution is 7.98. The number of hydrogen-bond acceptors (Lipinski definition) is 26. The Labute approximate surface area is 758 Å². The molecule has 0 radical (unpaired) electrons. The molecule has 4 bridgehead atoms. The van der Waals surface area contributed by atoms with E-state index in [0.717, 1.165) is 11.8 Å². The number of fused-ring (bicyclic) bond motifs is 6. The van der Waals surface area contributed by atoms with Crippen molar-refractivity contribution in [1.82, 2.24) is 84.2 Å². The van der Waals surface area contributed by atoms with Gasteiger partial charge in [0.15, 0.2) is 0 Å². The summed E-state index contributed by atoms with van der Waals surface area (Å²) >= 11 is 0.955. The van der Waals surface area contributed by atoms with Crippen molar-refractivity contribution in [2.75, 3.05) is 32.9 Å². The Bertz CT molecular complexity index is 4840. The Balaban J connectivity index is 1.41. The van der Waals surface area contributed by atoms with Crippen LogP contribution in [0.1, 0.15) is 134 Å². The second-order valence-electron chi connectivity index (χ2n) is 34.2. The van der Waals surface area contributed by atoms with Gasteiger partial charge in [0.1, 0.15) is 84.8 Å². The van der Waals surface area contributed by atoms with Crippen molar-refractivity contribution in [3.05, 3.63) is 119 Å². The van der Waals surface area contributed by atoms with Crippen molar-refractivity contribution in [1.29, 1.82) is 0 Å². The van der Waals surface area contributed by atoms with E-state index >= 15 is 14.4 Å². The monoisotopic (exact) mass is 1850 g/mol. The molecular weight excluding hydrogens is 1730 g/mol. The molecule has 44 nitrogen and oxygen atoms in total. The third-order valence-corrected chi connectivity index (χ3v) is 23.1. The number of hydrogen-bond donors (Lipinski definition) is 23. The molecule has 131 heavy (non-hydrogen) atoms. The van der Waals surface area contributed by atoms with Crippen LogP contribution in [-0.2, 0) is 123 Å². The summed E-state index contributed by atoms with van der Waals surface area (Å²) in [6.45, 7) is 7.51. The Hall–Kier alpha value is -12.8. The Morgan fingerprint density at radius 1 is 0.496 bits per heavy atom. The second kappa shape index (κ2) is 49.3. The highest BCUT2D eigenvalue weighted by atomic mass is 32.2. The first kappa shape index (κ1) is 105. The van der Waals surface area contributed by atoms with E-state index in [4.69, 9.17) is 17.2 Å². The molecule has 0 spiro atoms. The number of thioether (sulfide) groups is 1. The Kier molecular flexibility index (Phi) is 39.6. The molecule has 2 aliphatic heterocycles. The summed E-state index contributed by atoms with van der Waals surface area (Å²) in [4.78, 5) is 271. The number of rotatable bonds is 21. The first-order valence-electron chi connectivity index (χ1n) is 42.5. The summed E-state index contributed by atoms with van der Waals surface area (Å²) < 4.78 is 0. The molecule has 2 unspecified atom stereocenters. The Morgan fingerprint density at radius 3 is 1.47 bits per heavy atom. The zero-order valence-electron chi connectivity index (χ0n) is 73.8. The molecule has 45 heteroatoms. The number of carboxylic acid groups (broad SMARTS) is 4. The topological polar surface area (TPSA) is 699 Å². The summed E-state index contributed by atoms with van der Waals surface area (Å²) in [6.07, 6.45) is -10.1. The average Bonchev–Trinajstić information content (AvgIpc) is 0.797. The van der Waals surface area contributed by atoms with Crippen LogP contribution in [0, 0.1) is 11.3 Å². The van der Waals surface area contributed by atoms with Gasteiger partial charge >= 0.3 is 23.9 Å². The van der Waals surface area contributed by atoms with E-state index in [2.05, 4.69) is 74.4 Å². The van der Waals surface area contributed by atoms with Gasteiger partial charge in [-0.3, -0.25) is 101 Å². The van der Waals surface area contributed by atoms with Gasteiger partial charge in [-0.25, -0.2) is 0 Å². The fourth-order valence-corrected chi connectivity index (χ4v) is 15.8. The highest BCUT2D eigenvalue weighted by Gasteiger charge is 2.43. The molecule has 2 heterocycles. The third-order valence-electron chi connectivity index (χ3n) is 22.0. The van der Waals surface area contributed by atoms with Gasteiger partial charge in [0.25, 0.3) is 0 Å². The lowest BCUT2D eigenvalue weighted by atomic mass is 9.77. The molecule has 1 fully saturated rings. The van der Waals surface area contributed by atoms with Gasteiger partial charge in [0.2, 0.25) is 88.6 Å². The highest BCUT2D eigenvalue weighted by Crippen LogP contribution is 2.32. The minimum absolute atomic E-state index is 0.0870. The molecule has 4 aromatic rings. The van der Waals surface area contributed by atoms with Crippen LogP contribution in [0.5, 0.6) is 0 Å². The number of amides is 15. The minimum Gasteiger partial charge on any atom is -0.481 e. The van der Waals surface area contributed by atoms with E-state index in [-0.39, 0.29) is 44.8 Å². The van der Waals surface area contributed by atoms with E-state index in [1.807, 2.05) is 0 Å². The van der Waals surface area contributed by atoms with Gasteiger partial charge in [-0.05, 0) is 117 Å². The van der Waals surface area contributed by atoms with Gasteiger partial charge in [-0.2, -0.15) is 11.8 Å². The maximum absolute atomic E-state index is 15.4. The first-order valence-corrected chi connectivity index (χ1v) is 43.6. The number of likely N-dealkylation sites (N-methyl/N-ethyl adjacent to an activating group) is 2. The normalized spacial score (nSPS) is 26.7. The smallest absolute Gasteiger partial charge is 0.305 e. The fourth-order valence-electron chi connectivity index (χ4n) is 14.8. The summed E-state index contributed by atoms with van der Waals surface area (Å²) in [5, 5.41) is 99.6. The zero-order chi connectivity index (χ0) is 97.0. The van der Waals surface area contributed by atoms with Gasteiger partial charge < -0.3 is 122 Å². The van der Waals surface area contributed by atoms with Crippen LogP contribution in [0.4, 0.5) is 0 Å². The number of nitrogens with one attached hydrogen (secondary N) is 14. The van der Waals surface area contributed by atoms with Crippen molar-refractivity contribution < 1.29 is 122 Å². The summed E-state index contributed by atoms with van der Waals surface area (Å²) in [6, 6.07) is -1.66. The summed E-state index contributed by atoms with van der Waals surface area (Å²) in [5.74, 6) is -25.3. The standard InChI is InChI=1S/C86H119N19O25S/c1-42(87)72(117)101-62-39-105(8)37-47-27-46-28-48(29-47)40-131-41-63(102-74(119)44(3)90-77(122)56(31-50-19-14-18-49-17-12-13-20-52(49)50)96-75(120)53(22-25-66(108)109)92-80(125)58(33-65(88)107)94-73(118)43(2)91-83(62)128)84(129)93-54(23-26-67(110)111)76(121)98-59(34-68(112)113)81(126)95-55(30-45-15-10-9-11-16-45)78(123)97-57(32-51-21-24-64(51)106)79(124)99-60(35-69(114)115)82(127)103-70(86(4,5)6)85(130)100-61(71(89)116)38-104(7)36-46/h9-20,27-29,42-44,51,53-64,70,85,100,106,130H,21-26,30-41,87H2,1-8H3,(H2,88,107)(H2,89,116)(H,90,122)(H,91,128)(H,92,125)(H,93,129)(H,94,118)(H,95,126)(H,96,120)(H,97,123)(H,98,121)(H,99,124)(H,101,117)(H,102,119)(H,103,127)(H,108,109)(H,110,111)(H,112,113)(H,114,115)/t42-,43+,44+,51?,53-,54-,55-,56-,57-,58-,59-,60-,61-,62-,63+,64-,70+,85?/m0/s1. The molecule has 26 N–H and O–H groups in total. The van der Waals surface area contributed by atoms with Crippen LogP contribution < -0.4 is 91.6 Å². The number of nitrogens with zero attached hydrogens (tertiary/aromatic N) is 2. The number of aliphatic hydroxyl groups is 2. The largest absolute Gasteiger partial charge is 0.481 e. The van der Waals surface area contributed by atoms with Crippen LogP contribution in [0.3, 0.4) is 0 Å². The number of primary amides is 2. The van der Waals surface area contributed by atoms with Crippen LogP contribution in [0.15, 0.2) is 91.0 Å². The first-order chi connectivity index (χ1) is 61.6. The molecule has 1 aliphatic carbocycles. The number of aliphatic carboxylic acids is 4. The van der Waals surface area contributed by atoms with Crippen LogP contribution >= 0.6 is 11.8 Å². The molecular formula is C86H119N19O25S. The van der Waals surface area contributed by atoms with Crippen LogP contribution in [0.2, 0.25) is 0 Å². The van der Waals surface area contributed by atoms with E-state index in [1.54, 1.807) is 116 Å². The molecule has 3 aliphatic rings. The van der Waals surface area contributed by atoms with Crippen molar-refractivity contribution in [2.45, 2.75) is 240 Å². The van der Waals surface area contributed by atoms with Crippen molar-refractivity contribution in [2.24, 2.45) is 28.5 Å². The zero-order valence-corrected chi connectivity index (χ0v) is 74.6. The van der Waals surface area contributed by atoms with Crippen LogP contribution in [-0.4, -0.2) is 289 Å². The molecule has 7 rings (SSSR count). The summed E-state index contributed by atoms with van der Waals surface area (Å²) in [5.41, 5.74) is 18.5. The van der Waals surface area contributed by atoms with Gasteiger partial charge in [0, 0.05) is 63.4 Å². The lowest BCUT2D eigenvalue weighted by molar-refractivity contribution is -0.142. The molecule has 714 valence electrons. The Morgan fingerprint density at radius 2 is 0.947 bits per heavy atom. The maximum Gasteiger partial charge on any atom is 0.305 e. The number of nitrogens with two attached hydrogens (primary N) is 3. The van der Waals surface area contributed by atoms with Crippen LogP contribution in [0.25, 0.3) is 10.8 Å². The number of carbonyl (C=O) groups excluding carboxylic acids is 15. The molecule has 0 aromatic heterocycles. The second-order valence-corrected chi connectivity index (χ2v) is 35.3. The molecule has 15 amide bonds. The average molecular weight is 1850 g/mol. The summed E-state index contributed by atoms with van der Waals surface area (Å²) in [7, 11) is 3.09. The SMILES string of the molecule is C[C@H](N)C(=O)N[C@H]1CN(C)Cc2cc3cc(c2)CN(C)C[C@@H](C(N)=O)NC(O)[C@H](C(C)(C)C)NC(=O)[C@H](CC(=O)O)NC(=O)[C@H](CC2CC[C@@H]2O)NC(=O)[C@H](Cc2ccccc2)NC(=O)[C@H](CC(=O)O)NC(=O)[C@H](CCC(=O)O)NC(=O)[C@@H](CSC3)NC(=O)[C@@H](C)NC(=O)[C@H](Cc2cccc3ccccc23)NC(=O)[C@H](CCC(=O)O)NC(=O)[C@H](CC(N)=O)NC(=O)[C@@H](C)NC1=O. The van der Waals surface area contributed by atoms with Crippen molar-refractivity contribution >= 4 is 135 Å². The van der Waals surface area contributed by atoms with E-state index < -0.39 is 290 Å². The maximum atomic E-state index is 15.4. The fraction of sp³-hybridized carbons (Fsp3) is 0.523. The molecule has 0 saturated heterocycles. The molecule has 1 saturated carbocycles.